The van der Waals surface area contributed by atoms with Crippen LogP contribution in [0.15, 0.2) is 33.6 Å². The summed E-state index contributed by atoms with van der Waals surface area (Å²) in [4.78, 5) is 0.869. The highest BCUT2D eigenvalue weighted by Gasteiger charge is 2.02. The zero-order valence-electron chi connectivity index (χ0n) is 7.00. The summed E-state index contributed by atoms with van der Waals surface area (Å²) in [6.45, 7) is 0. The topological polar surface area (TPSA) is 17.1 Å². The van der Waals surface area contributed by atoms with E-state index in [1.54, 1.807) is 0 Å². The van der Waals surface area contributed by atoms with Crippen molar-refractivity contribution in [2.75, 3.05) is 11.6 Å². The minimum absolute atomic E-state index is 0.572. The molecule has 0 heterocycles. The Morgan fingerprint density at radius 1 is 1.31 bits per heavy atom. The fraction of sp³-hybridized carbons (Fsp3) is 0.333. The Hall–Kier alpha value is 0.140. The summed E-state index contributed by atoms with van der Waals surface area (Å²) in [7, 11) is -0.897. The molecule has 1 aromatic carbocycles. The van der Waals surface area contributed by atoms with Gasteiger partial charge in [-0.2, -0.15) is 0 Å². The number of hydrogen-bond acceptors (Lipinski definition) is 1. The van der Waals surface area contributed by atoms with Crippen LogP contribution in [0.2, 0.25) is 0 Å². The highest BCUT2D eigenvalue weighted by Crippen LogP contribution is 2.13. The first-order valence-electron chi connectivity index (χ1n) is 3.94. The third-order valence-electron chi connectivity index (χ3n) is 1.54. The molecule has 0 aromatic heterocycles. The van der Waals surface area contributed by atoms with Gasteiger partial charge in [-0.3, -0.25) is 4.21 Å². The van der Waals surface area contributed by atoms with Gasteiger partial charge in [0.05, 0.1) is 10.8 Å². The fourth-order valence-electron chi connectivity index (χ4n) is 0.890. The van der Waals surface area contributed by atoms with Crippen LogP contribution in [0.3, 0.4) is 0 Å². The molecule has 1 rings (SSSR count). The SMILES string of the molecule is O=S(CCCCl)c1ccc(Br)cc1. The highest BCUT2D eigenvalue weighted by atomic mass is 79.9. The highest BCUT2D eigenvalue weighted by molar-refractivity contribution is 9.10. The second-order valence-electron chi connectivity index (χ2n) is 2.55. The molecular weight excluding hydrogens is 272 g/mol. The third kappa shape index (κ3) is 3.79. The van der Waals surface area contributed by atoms with E-state index in [2.05, 4.69) is 15.9 Å². The first-order chi connectivity index (χ1) is 6.24. The Morgan fingerprint density at radius 2 is 1.92 bits per heavy atom. The molecule has 1 nitrogen and oxygen atoms in total. The van der Waals surface area contributed by atoms with Crippen molar-refractivity contribution in [2.24, 2.45) is 0 Å². The maximum absolute atomic E-state index is 11.6. The smallest absolute Gasteiger partial charge is 0.0529 e. The summed E-state index contributed by atoms with van der Waals surface area (Å²) >= 11 is 8.84. The van der Waals surface area contributed by atoms with Gasteiger partial charge in [-0.25, -0.2) is 0 Å². The van der Waals surface area contributed by atoms with E-state index in [0.717, 1.165) is 15.8 Å². The Balaban J connectivity index is 2.61. The van der Waals surface area contributed by atoms with Gasteiger partial charge in [0.1, 0.15) is 0 Å². The number of benzene rings is 1. The number of rotatable bonds is 4. The van der Waals surface area contributed by atoms with Crippen LogP contribution in [0.1, 0.15) is 6.42 Å². The molecule has 0 aliphatic heterocycles. The molecular formula is C9H10BrClOS. The lowest BCUT2D eigenvalue weighted by Gasteiger charge is -2.00. The normalized spacial score (nSPS) is 12.8. The summed E-state index contributed by atoms with van der Waals surface area (Å²) in [6, 6.07) is 7.53. The summed E-state index contributed by atoms with van der Waals surface area (Å²) < 4.78 is 12.6. The van der Waals surface area contributed by atoms with E-state index >= 15 is 0 Å². The average Bonchev–Trinajstić information content (AvgIpc) is 2.15. The van der Waals surface area contributed by atoms with Crippen molar-refractivity contribution in [2.45, 2.75) is 11.3 Å². The maximum Gasteiger partial charge on any atom is 0.0529 e. The summed E-state index contributed by atoms with van der Waals surface area (Å²) in [5.74, 6) is 1.22. The zero-order chi connectivity index (χ0) is 9.68. The van der Waals surface area contributed by atoms with E-state index in [0.29, 0.717) is 11.6 Å². The molecule has 0 aliphatic carbocycles. The summed E-state index contributed by atoms with van der Waals surface area (Å²) in [5, 5.41) is 0. The van der Waals surface area contributed by atoms with Gasteiger partial charge in [-0.15, -0.1) is 11.6 Å². The molecule has 1 aromatic rings. The second kappa shape index (κ2) is 5.78. The molecule has 1 unspecified atom stereocenters. The van der Waals surface area contributed by atoms with Crippen LogP contribution in [-0.4, -0.2) is 15.8 Å². The van der Waals surface area contributed by atoms with Crippen molar-refractivity contribution >= 4 is 38.3 Å². The lowest BCUT2D eigenvalue weighted by molar-refractivity contribution is 0.682. The molecule has 0 saturated heterocycles. The summed E-state index contributed by atoms with van der Waals surface area (Å²) in [5.41, 5.74) is 0. The van der Waals surface area contributed by atoms with Gasteiger partial charge in [-0.1, -0.05) is 15.9 Å². The predicted molar refractivity (Wildman–Crippen MR) is 60.8 cm³/mol. The minimum Gasteiger partial charge on any atom is -0.254 e. The first-order valence-corrected chi connectivity index (χ1v) is 6.58. The van der Waals surface area contributed by atoms with Crippen LogP contribution >= 0.6 is 27.5 Å². The van der Waals surface area contributed by atoms with Gasteiger partial charge in [0.25, 0.3) is 0 Å². The molecule has 0 saturated carbocycles. The number of halogens is 2. The van der Waals surface area contributed by atoms with Crippen molar-refractivity contribution in [1.29, 1.82) is 0 Å². The van der Waals surface area contributed by atoms with Gasteiger partial charge < -0.3 is 0 Å². The summed E-state index contributed by atoms with van der Waals surface area (Å²) in [6.07, 6.45) is 0.796. The lowest BCUT2D eigenvalue weighted by atomic mass is 10.4. The Bertz CT molecular complexity index is 286. The standard InChI is InChI=1S/C9H10BrClOS/c10-8-2-4-9(5-3-8)13(12)7-1-6-11/h2-5H,1,6-7H2. The van der Waals surface area contributed by atoms with E-state index in [-0.39, 0.29) is 0 Å². The molecule has 0 amide bonds. The van der Waals surface area contributed by atoms with Crippen molar-refractivity contribution in [3.8, 4) is 0 Å². The number of alkyl halides is 1. The molecule has 4 heteroatoms. The molecule has 0 fully saturated rings. The van der Waals surface area contributed by atoms with Crippen LogP contribution in [0.4, 0.5) is 0 Å². The quantitative estimate of drug-likeness (QED) is 0.775. The van der Waals surface area contributed by atoms with E-state index in [1.165, 1.54) is 0 Å². The minimum atomic E-state index is -0.897. The molecule has 0 aliphatic rings. The van der Waals surface area contributed by atoms with Crippen LogP contribution in [0.25, 0.3) is 0 Å². The van der Waals surface area contributed by atoms with E-state index in [9.17, 15) is 4.21 Å². The van der Waals surface area contributed by atoms with Crippen molar-refractivity contribution < 1.29 is 4.21 Å². The van der Waals surface area contributed by atoms with Crippen LogP contribution < -0.4 is 0 Å². The van der Waals surface area contributed by atoms with Crippen molar-refractivity contribution in [3.63, 3.8) is 0 Å². The average molecular weight is 282 g/mol. The van der Waals surface area contributed by atoms with E-state index < -0.39 is 10.8 Å². The molecule has 0 spiro atoms. The first kappa shape index (κ1) is 11.2. The zero-order valence-corrected chi connectivity index (χ0v) is 10.2. The molecule has 1 atom stereocenters. The van der Waals surface area contributed by atoms with Gasteiger partial charge in [-0.05, 0) is 30.7 Å². The Labute approximate surface area is 94.1 Å². The molecule has 0 radical (unpaired) electrons. The van der Waals surface area contributed by atoms with Crippen molar-refractivity contribution in [3.05, 3.63) is 28.7 Å². The molecule has 13 heavy (non-hydrogen) atoms. The van der Waals surface area contributed by atoms with Crippen LogP contribution in [0.5, 0.6) is 0 Å². The third-order valence-corrected chi connectivity index (χ3v) is 3.79. The Morgan fingerprint density at radius 3 is 2.46 bits per heavy atom. The largest absolute Gasteiger partial charge is 0.254 e. The van der Waals surface area contributed by atoms with E-state index in [1.807, 2.05) is 24.3 Å². The van der Waals surface area contributed by atoms with Crippen molar-refractivity contribution in [1.82, 2.24) is 0 Å². The monoisotopic (exact) mass is 280 g/mol. The fourth-order valence-corrected chi connectivity index (χ4v) is 2.53. The molecule has 72 valence electrons. The molecule has 0 bridgehead atoms. The van der Waals surface area contributed by atoms with E-state index in [4.69, 9.17) is 11.6 Å². The van der Waals surface area contributed by atoms with Gasteiger partial charge in [0.15, 0.2) is 0 Å². The number of hydrogen-bond donors (Lipinski definition) is 0. The Kier molecular flexibility index (Phi) is 4.99. The predicted octanol–water partition coefficient (Wildman–Crippen LogP) is 3.19. The van der Waals surface area contributed by atoms with Gasteiger partial charge >= 0.3 is 0 Å². The van der Waals surface area contributed by atoms with Crippen LogP contribution in [0, 0.1) is 0 Å². The lowest BCUT2D eigenvalue weighted by Crippen LogP contribution is -1.98. The van der Waals surface area contributed by atoms with Crippen LogP contribution in [-0.2, 0) is 10.8 Å². The maximum atomic E-state index is 11.6. The molecule has 0 N–H and O–H groups in total. The second-order valence-corrected chi connectivity index (χ2v) is 5.41. The van der Waals surface area contributed by atoms with Gasteiger partial charge in [0.2, 0.25) is 0 Å². The van der Waals surface area contributed by atoms with Gasteiger partial charge in [0, 0.05) is 21.0 Å².